The summed E-state index contributed by atoms with van der Waals surface area (Å²) in [6, 6.07) is 0. The van der Waals surface area contributed by atoms with E-state index in [4.69, 9.17) is 20.9 Å². The van der Waals surface area contributed by atoms with E-state index in [1.807, 2.05) is 20.8 Å². The number of carbonyl (C=O) groups is 1. The van der Waals surface area contributed by atoms with Gasteiger partial charge in [-0.15, -0.1) is 11.6 Å². The zero-order valence-electron chi connectivity index (χ0n) is 19.6. The molecule has 1 atom stereocenters. The van der Waals surface area contributed by atoms with Crippen LogP contribution < -0.4 is 4.72 Å². The molecule has 1 fully saturated rings. The minimum absolute atomic E-state index is 0.0519. The van der Waals surface area contributed by atoms with Crippen LogP contribution >= 0.6 is 11.6 Å². The first-order valence-electron chi connectivity index (χ1n) is 11.7. The standard InChI is InChI=1S/C22H38ClN3O5S/c1-22(2,3)30-20(27)15-18(12-7-11-17-9-5-4-6-10-17)21-25-19(26-31-21)16-24-32(28,29)14-8-13-23/h17-18,24H,4-16H2,1-3H3. The van der Waals surface area contributed by atoms with Crippen molar-refractivity contribution in [2.75, 3.05) is 11.6 Å². The molecule has 184 valence electrons. The lowest BCUT2D eigenvalue weighted by atomic mass is 9.84. The Kier molecular flexibility index (Phi) is 10.9. The van der Waals surface area contributed by atoms with Gasteiger partial charge in [-0.25, -0.2) is 13.1 Å². The van der Waals surface area contributed by atoms with Gasteiger partial charge < -0.3 is 9.26 Å². The van der Waals surface area contributed by atoms with Gasteiger partial charge in [0.15, 0.2) is 5.82 Å². The van der Waals surface area contributed by atoms with Gasteiger partial charge in [-0.2, -0.15) is 4.98 Å². The summed E-state index contributed by atoms with van der Waals surface area (Å²) in [5.74, 6) is 1.03. The Hall–Kier alpha value is -1.19. The highest BCUT2D eigenvalue weighted by Crippen LogP contribution is 2.31. The Morgan fingerprint density at radius 2 is 1.97 bits per heavy atom. The number of hydrogen-bond donors (Lipinski definition) is 1. The first-order chi connectivity index (χ1) is 15.1. The van der Waals surface area contributed by atoms with Gasteiger partial charge in [0.25, 0.3) is 0 Å². The van der Waals surface area contributed by atoms with E-state index in [2.05, 4.69) is 14.9 Å². The van der Waals surface area contributed by atoms with E-state index < -0.39 is 15.6 Å². The van der Waals surface area contributed by atoms with Gasteiger partial charge in [0.2, 0.25) is 15.9 Å². The molecule has 0 amide bonds. The number of rotatable bonds is 13. The second-order valence-electron chi connectivity index (χ2n) is 9.65. The molecule has 0 saturated heterocycles. The highest BCUT2D eigenvalue weighted by Gasteiger charge is 2.26. The third kappa shape index (κ3) is 10.6. The number of esters is 1. The molecule has 0 radical (unpaired) electrons. The predicted octanol–water partition coefficient (Wildman–Crippen LogP) is 4.68. The van der Waals surface area contributed by atoms with E-state index in [1.165, 1.54) is 32.1 Å². The Bertz CT molecular complexity index is 801. The summed E-state index contributed by atoms with van der Waals surface area (Å²) in [7, 11) is -3.45. The average Bonchev–Trinajstić information content (AvgIpc) is 3.19. The Morgan fingerprint density at radius 1 is 1.25 bits per heavy atom. The number of halogens is 1. The number of nitrogens with one attached hydrogen (secondary N) is 1. The Labute approximate surface area is 197 Å². The van der Waals surface area contributed by atoms with Crippen molar-refractivity contribution in [3.05, 3.63) is 11.7 Å². The normalized spacial score (nSPS) is 16.8. The molecule has 1 unspecified atom stereocenters. The second-order valence-corrected chi connectivity index (χ2v) is 12.0. The molecule has 1 aliphatic carbocycles. The van der Waals surface area contributed by atoms with Crippen LogP contribution in [0.2, 0.25) is 0 Å². The molecule has 1 N–H and O–H groups in total. The number of aromatic nitrogens is 2. The van der Waals surface area contributed by atoms with Gasteiger partial charge in [0, 0.05) is 11.8 Å². The molecule has 0 bridgehead atoms. The van der Waals surface area contributed by atoms with Crippen LogP contribution in [-0.4, -0.2) is 41.8 Å². The van der Waals surface area contributed by atoms with Gasteiger partial charge in [0.05, 0.1) is 18.7 Å². The van der Waals surface area contributed by atoms with Crippen molar-refractivity contribution in [1.29, 1.82) is 0 Å². The topological polar surface area (TPSA) is 111 Å². The second kappa shape index (κ2) is 12.9. The highest BCUT2D eigenvalue weighted by atomic mass is 35.5. The molecule has 32 heavy (non-hydrogen) atoms. The summed E-state index contributed by atoms with van der Waals surface area (Å²) in [6.45, 7) is 5.45. The molecule has 10 heteroatoms. The van der Waals surface area contributed by atoms with E-state index in [1.54, 1.807) is 0 Å². The molecule has 8 nitrogen and oxygen atoms in total. The number of hydrogen-bond acceptors (Lipinski definition) is 7. The SMILES string of the molecule is CC(C)(C)OC(=O)CC(CCCC1CCCCC1)c1nc(CNS(=O)(=O)CCCCl)no1. The van der Waals surface area contributed by atoms with Crippen molar-refractivity contribution in [3.8, 4) is 0 Å². The molecule has 1 heterocycles. The van der Waals surface area contributed by atoms with Crippen LogP contribution in [0, 0.1) is 5.92 Å². The van der Waals surface area contributed by atoms with E-state index in [-0.39, 0.29) is 42.3 Å². The fourth-order valence-corrected chi connectivity index (χ4v) is 5.33. The fourth-order valence-electron chi connectivity index (χ4n) is 4.02. The maximum Gasteiger partial charge on any atom is 0.307 e. The summed E-state index contributed by atoms with van der Waals surface area (Å²) >= 11 is 5.57. The van der Waals surface area contributed by atoms with Gasteiger partial charge in [0.1, 0.15) is 5.60 Å². The molecule has 0 aliphatic heterocycles. The summed E-state index contributed by atoms with van der Waals surface area (Å²) in [5, 5.41) is 3.91. The molecule has 1 aromatic heterocycles. The maximum absolute atomic E-state index is 12.5. The van der Waals surface area contributed by atoms with Crippen molar-refractivity contribution in [1.82, 2.24) is 14.9 Å². The first-order valence-corrected chi connectivity index (χ1v) is 13.8. The quantitative estimate of drug-likeness (QED) is 0.315. The number of alkyl halides is 1. The maximum atomic E-state index is 12.5. The number of ether oxygens (including phenoxy) is 1. The van der Waals surface area contributed by atoms with Crippen molar-refractivity contribution in [3.63, 3.8) is 0 Å². The van der Waals surface area contributed by atoms with Gasteiger partial charge in [-0.3, -0.25) is 4.79 Å². The summed E-state index contributed by atoms with van der Waals surface area (Å²) in [5.41, 5.74) is -0.564. The molecular weight excluding hydrogens is 454 g/mol. The van der Waals surface area contributed by atoms with Gasteiger partial charge in [-0.1, -0.05) is 50.1 Å². The number of sulfonamides is 1. The van der Waals surface area contributed by atoms with Crippen LogP contribution in [0.15, 0.2) is 4.52 Å². The third-order valence-corrected chi connectivity index (χ3v) is 7.23. The molecule has 1 aromatic rings. The van der Waals surface area contributed by atoms with Crippen LogP contribution in [0.5, 0.6) is 0 Å². The average molecular weight is 492 g/mol. The fraction of sp³-hybridized carbons (Fsp3) is 0.864. The lowest BCUT2D eigenvalue weighted by Crippen LogP contribution is -2.26. The minimum atomic E-state index is -3.45. The summed E-state index contributed by atoms with van der Waals surface area (Å²) < 4.78 is 37.3. The van der Waals surface area contributed by atoms with Crippen LogP contribution in [0.3, 0.4) is 0 Å². The van der Waals surface area contributed by atoms with Crippen molar-refractivity contribution in [2.24, 2.45) is 5.92 Å². The van der Waals surface area contributed by atoms with Crippen molar-refractivity contribution >= 4 is 27.6 Å². The molecular formula is C22H38ClN3O5S. The number of carbonyl (C=O) groups excluding carboxylic acids is 1. The van der Waals surface area contributed by atoms with Gasteiger partial charge in [-0.05, 0) is 39.5 Å². The van der Waals surface area contributed by atoms with E-state index in [9.17, 15) is 13.2 Å². The summed E-state index contributed by atoms with van der Waals surface area (Å²) in [4.78, 5) is 16.8. The number of nitrogens with zero attached hydrogens (tertiary/aromatic N) is 2. The van der Waals surface area contributed by atoms with Crippen molar-refractivity contribution < 1.29 is 22.5 Å². The summed E-state index contributed by atoms with van der Waals surface area (Å²) in [6.07, 6.45) is 9.89. The third-order valence-electron chi connectivity index (χ3n) is 5.55. The Morgan fingerprint density at radius 3 is 2.62 bits per heavy atom. The largest absolute Gasteiger partial charge is 0.460 e. The molecule has 1 aliphatic rings. The van der Waals surface area contributed by atoms with E-state index >= 15 is 0 Å². The van der Waals surface area contributed by atoms with Crippen LogP contribution in [0.1, 0.15) is 103 Å². The predicted molar refractivity (Wildman–Crippen MR) is 124 cm³/mol. The van der Waals surface area contributed by atoms with Crippen LogP contribution in [-0.2, 0) is 26.1 Å². The Balaban J connectivity index is 1.98. The highest BCUT2D eigenvalue weighted by molar-refractivity contribution is 7.89. The smallest absolute Gasteiger partial charge is 0.307 e. The van der Waals surface area contributed by atoms with Gasteiger partial charge >= 0.3 is 5.97 Å². The lowest BCUT2D eigenvalue weighted by Gasteiger charge is -2.23. The lowest BCUT2D eigenvalue weighted by molar-refractivity contribution is -0.155. The first kappa shape index (κ1) is 27.1. The zero-order valence-corrected chi connectivity index (χ0v) is 21.1. The van der Waals surface area contributed by atoms with E-state index in [0.29, 0.717) is 12.3 Å². The molecule has 0 aromatic carbocycles. The monoisotopic (exact) mass is 491 g/mol. The minimum Gasteiger partial charge on any atom is -0.460 e. The molecule has 2 rings (SSSR count). The molecule has 0 spiro atoms. The van der Waals surface area contributed by atoms with Crippen molar-refractivity contribution in [2.45, 2.75) is 103 Å². The van der Waals surface area contributed by atoms with E-state index in [0.717, 1.165) is 25.2 Å². The molecule has 1 saturated carbocycles. The zero-order chi connectivity index (χ0) is 23.6. The van der Waals surface area contributed by atoms with Crippen LogP contribution in [0.4, 0.5) is 0 Å². The van der Waals surface area contributed by atoms with Crippen LogP contribution in [0.25, 0.3) is 0 Å².